The van der Waals surface area contributed by atoms with E-state index in [-0.39, 0.29) is 0 Å². The molecule has 2 aromatic heterocycles. The lowest BCUT2D eigenvalue weighted by Gasteiger charge is -1.97. The van der Waals surface area contributed by atoms with Crippen LogP contribution in [-0.4, -0.2) is 12.0 Å². The molecule has 0 aliphatic rings. The molecule has 3 nitrogen and oxygen atoms in total. The lowest BCUT2D eigenvalue weighted by molar-refractivity contribution is 0.633. The number of nitrogens with one attached hydrogen (secondary N) is 1. The molecule has 4 heteroatoms. The molecule has 0 saturated carbocycles. The summed E-state index contributed by atoms with van der Waals surface area (Å²) in [5, 5.41) is 5.21. The third kappa shape index (κ3) is 1.62. The van der Waals surface area contributed by atoms with E-state index in [2.05, 4.69) is 17.4 Å². The van der Waals surface area contributed by atoms with E-state index in [0.29, 0.717) is 0 Å². The highest BCUT2D eigenvalue weighted by molar-refractivity contribution is 7.21. The van der Waals surface area contributed by atoms with Crippen LogP contribution in [0.4, 0.5) is 5.88 Å². The number of fused-ring (bicyclic) bond motifs is 2. The van der Waals surface area contributed by atoms with Crippen molar-refractivity contribution in [3.8, 4) is 10.6 Å². The van der Waals surface area contributed by atoms with Crippen LogP contribution in [0.15, 0.2) is 52.9 Å². The lowest BCUT2D eigenvalue weighted by atomic mass is 10.2. The molecule has 4 aromatic rings. The van der Waals surface area contributed by atoms with Crippen LogP contribution in [0, 0.1) is 0 Å². The summed E-state index contributed by atoms with van der Waals surface area (Å²) < 4.78 is 7.04. The van der Waals surface area contributed by atoms with Crippen LogP contribution in [0.25, 0.3) is 31.8 Å². The summed E-state index contributed by atoms with van der Waals surface area (Å²) in [7, 11) is 1.87. The van der Waals surface area contributed by atoms with Gasteiger partial charge in [0, 0.05) is 12.4 Å². The summed E-state index contributed by atoms with van der Waals surface area (Å²) in [6, 6.07) is 16.2. The molecule has 4 rings (SSSR count). The second kappa shape index (κ2) is 4.35. The topological polar surface area (TPSA) is 38.1 Å². The molecule has 0 amide bonds. The predicted octanol–water partition coefficient (Wildman–Crippen LogP) is 4.75. The van der Waals surface area contributed by atoms with Crippen LogP contribution in [0.5, 0.6) is 0 Å². The van der Waals surface area contributed by atoms with Gasteiger partial charge in [-0.2, -0.15) is 0 Å². The van der Waals surface area contributed by atoms with E-state index >= 15 is 0 Å². The summed E-state index contributed by atoms with van der Waals surface area (Å²) in [5.41, 5.74) is 2.95. The van der Waals surface area contributed by atoms with E-state index in [1.54, 1.807) is 11.3 Å². The number of rotatable bonds is 2. The molecule has 1 N–H and O–H groups in total. The summed E-state index contributed by atoms with van der Waals surface area (Å²) in [6.45, 7) is 0. The molecular weight excluding hydrogens is 268 g/mol. The Morgan fingerprint density at radius 2 is 1.85 bits per heavy atom. The minimum absolute atomic E-state index is 0.769. The Morgan fingerprint density at radius 3 is 2.70 bits per heavy atom. The van der Waals surface area contributed by atoms with Gasteiger partial charge in [0.15, 0.2) is 0 Å². The monoisotopic (exact) mass is 280 g/mol. The first kappa shape index (κ1) is 11.5. The van der Waals surface area contributed by atoms with Crippen molar-refractivity contribution < 1.29 is 4.42 Å². The molecule has 2 heterocycles. The summed E-state index contributed by atoms with van der Waals surface area (Å²) in [6.07, 6.45) is 0. The molecule has 0 aliphatic heterocycles. The number of thiazole rings is 1. The first-order valence-electron chi connectivity index (χ1n) is 6.42. The van der Waals surface area contributed by atoms with Gasteiger partial charge in [-0.05, 0) is 18.2 Å². The predicted molar refractivity (Wildman–Crippen MR) is 84.4 cm³/mol. The molecule has 98 valence electrons. The second-order valence-electron chi connectivity index (χ2n) is 4.54. The van der Waals surface area contributed by atoms with Crippen molar-refractivity contribution in [1.29, 1.82) is 0 Å². The smallest absolute Gasteiger partial charge is 0.204 e. The van der Waals surface area contributed by atoms with Crippen LogP contribution in [0.2, 0.25) is 0 Å². The van der Waals surface area contributed by atoms with E-state index in [1.165, 1.54) is 4.70 Å². The summed E-state index contributed by atoms with van der Waals surface area (Å²) >= 11 is 1.69. The first-order valence-corrected chi connectivity index (χ1v) is 7.23. The molecule has 0 spiro atoms. The average Bonchev–Trinajstić information content (AvgIpc) is 3.07. The quantitative estimate of drug-likeness (QED) is 0.575. The van der Waals surface area contributed by atoms with Crippen molar-refractivity contribution in [1.82, 2.24) is 4.98 Å². The fraction of sp³-hybridized carbons (Fsp3) is 0.0625. The first-order chi connectivity index (χ1) is 9.86. The zero-order chi connectivity index (χ0) is 13.5. The van der Waals surface area contributed by atoms with Gasteiger partial charge >= 0.3 is 0 Å². The van der Waals surface area contributed by atoms with Crippen molar-refractivity contribution in [2.24, 2.45) is 0 Å². The van der Waals surface area contributed by atoms with Crippen molar-refractivity contribution in [3.63, 3.8) is 0 Å². The second-order valence-corrected chi connectivity index (χ2v) is 5.57. The maximum atomic E-state index is 5.85. The Morgan fingerprint density at radius 1 is 1.05 bits per heavy atom. The van der Waals surface area contributed by atoms with Crippen LogP contribution in [-0.2, 0) is 0 Å². The van der Waals surface area contributed by atoms with Gasteiger partial charge in [0.25, 0.3) is 0 Å². The summed E-state index contributed by atoms with van der Waals surface area (Å²) in [4.78, 5) is 4.73. The third-order valence-electron chi connectivity index (χ3n) is 3.33. The zero-order valence-corrected chi connectivity index (χ0v) is 11.7. The Kier molecular flexibility index (Phi) is 2.50. The van der Waals surface area contributed by atoms with Crippen LogP contribution < -0.4 is 5.32 Å². The van der Waals surface area contributed by atoms with Crippen molar-refractivity contribution in [2.75, 3.05) is 12.4 Å². The van der Waals surface area contributed by atoms with Gasteiger partial charge in [-0.25, -0.2) is 4.98 Å². The van der Waals surface area contributed by atoms with Crippen molar-refractivity contribution in [2.45, 2.75) is 0 Å². The van der Waals surface area contributed by atoms with Crippen LogP contribution >= 0.6 is 11.3 Å². The molecule has 0 fully saturated rings. The fourth-order valence-corrected chi connectivity index (χ4v) is 3.43. The number of hydrogen-bond donors (Lipinski definition) is 1. The molecule has 0 atom stereocenters. The maximum Gasteiger partial charge on any atom is 0.204 e. The Balaban J connectivity index is 2.05. The molecule has 0 bridgehead atoms. The normalized spacial score (nSPS) is 11.2. The van der Waals surface area contributed by atoms with E-state index < -0.39 is 0 Å². The van der Waals surface area contributed by atoms with Gasteiger partial charge in [0.2, 0.25) is 5.88 Å². The Labute approximate surface area is 119 Å². The largest absolute Gasteiger partial charge is 0.440 e. The molecule has 0 radical (unpaired) electrons. The fourth-order valence-electron chi connectivity index (χ4n) is 2.41. The highest BCUT2D eigenvalue weighted by Gasteiger charge is 2.18. The van der Waals surface area contributed by atoms with Crippen LogP contribution in [0.3, 0.4) is 0 Å². The number of hydrogen-bond acceptors (Lipinski definition) is 4. The highest BCUT2D eigenvalue weighted by Crippen LogP contribution is 2.41. The number of furan rings is 1. The van der Waals surface area contributed by atoms with Crippen LogP contribution in [0.1, 0.15) is 0 Å². The maximum absolute atomic E-state index is 5.85. The molecular formula is C16H12N2OS. The van der Waals surface area contributed by atoms with Crippen molar-refractivity contribution >= 4 is 38.4 Å². The van der Waals surface area contributed by atoms with Gasteiger partial charge in [-0.1, -0.05) is 30.3 Å². The number of aromatic nitrogens is 1. The lowest BCUT2D eigenvalue weighted by Crippen LogP contribution is -1.87. The molecule has 2 aromatic carbocycles. The standard InChI is InChI=1S/C16H12N2OS/c1-17-15-14(10-6-2-4-8-12(10)19-15)16-18-11-7-3-5-9-13(11)20-16/h2-9,17H,1H3. The molecule has 0 saturated heterocycles. The Bertz CT molecular complexity index is 874. The summed E-state index contributed by atoms with van der Waals surface area (Å²) in [5.74, 6) is 0.769. The van der Waals surface area contributed by atoms with E-state index in [9.17, 15) is 0 Å². The van der Waals surface area contributed by atoms with Gasteiger partial charge in [0.05, 0.1) is 15.8 Å². The molecule has 0 unspecified atom stereocenters. The van der Waals surface area contributed by atoms with Gasteiger partial charge in [0.1, 0.15) is 10.6 Å². The van der Waals surface area contributed by atoms with E-state index in [1.807, 2.05) is 43.4 Å². The third-order valence-corrected chi connectivity index (χ3v) is 4.38. The van der Waals surface area contributed by atoms with Gasteiger partial charge < -0.3 is 9.73 Å². The van der Waals surface area contributed by atoms with E-state index in [4.69, 9.17) is 9.40 Å². The molecule has 20 heavy (non-hydrogen) atoms. The Hall–Kier alpha value is -2.33. The SMILES string of the molecule is CNc1oc2ccccc2c1-c1nc2ccccc2s1. The number of para-hydroxylation sites is 2. The average molecular weight is 280 g/mol. The van der Waals surface area contributed by atoms with E-state index in [0.717, 1.165) is 32.9 Å². The van der Waals surface area contributed by atoms with Gasteiger partial charge in [-0.15, -0.1) is 11.3 Å². The minimum atomic E-state index is 0.769. The number of benzene rings is 2. The minimum Gasteiger partial charge on any atom is -0.440 e. The number of anilines is 1. The number of nitrogens with zero attached hydrogens (tertiary/aromatic N) is 1. The molecule has 0 aliphatic carbocycles. The highest BCUT2D eigenvalue weighted by atomic mass is 32.1. The zero-order valence-electron chi connectivity index (χ0n) is 10.9. The van der Waals surface area contributed by atoms with Crippen molar-refractivity contribution in [3.05, 3.63) is 48.5 Å². The van der Waals surface area contributed by atoms with Gasteiger partial charge in [-0.3, -0.25) is 0 Å².